The molecule has 4 aromatic rings. The Hall–Kier alpha value is -3.86. The lowest BCUT2D eigenvalue weighted by Crippen LogP contribution is -2.49. The van der Waals surface area contributed by atoms with Crippen molar-refractivity contribution >= 4 is 50.2 Å². The molecule has 1 heterocycles. The van der Waals surface area contributed by atoms with Gasteiger partial charge in [0.1, 0.15) is 6.61 Å². The summed E-state index contributed by atoms with van der Waals surface area (Å²) in [6.45, 7) is 1.75. The Morgan fingerprint density at radius 3 is 2.40 bits per heavy atom. The van der Waals surface area contributed by atoms with Crippen LogP contribution in [0.2, 0.25) is 0 Å². The molecule has 2 N–H and O–H groups in total. The summed E-state index contributed by atoms with van der Waals surface area (Å²) in [6.07, 6.45) is 3.66. The molecule has 45 heavy (non-hydrogen) atoms. The fourth-order valence-electron chi connectivity index (χ4n) is 5.08. The van der Waals surface area contributed by atoms with E-state index in [0.29, 0.717) is 13.0 Å². The number of ether oxygens (including phenoxy) is 3. The standard InChI is InChI=1S/C35H42N2O7S/c1-2-42-31(38)24-44-33(35(40)41)32(43-22-12-4-6-18-30-37-28-16-9-10-17-29(28)45-30)34(39)36-21-11-3-5-13-25-19-20-26-14-7-8-15-27(26)23-25/h7-10,14-17,19-20,23,32-33H,2-6,11-13,18,21-22,24H2,1H3,(H,36,39)(H,40,41). The van der Waals surface area contributed by atoms with E-state index in [4.69, 9.17) is 14.2 Å². The predicted molar refractivity (Wildman–Crippen MR) is 175 cm³/mol. The summed E-state index contributed by atoms with van der Waals surface area (Å²) in [5.74, 6) is -2.66. The Kier molecular flexibility index (Phi) is 13.8. The number of fused-ring (bicyclic) bond motifs is 2. The van der Waals surface area contributed by atoms with Gasteiger partial charge in [0.15, 0.2) is 12.2 Å². The second-order valence-electron chi connectivity index (χ2n) is 10.8. The van der Waals surface area contributed by atoms with Gasteiger partial charge < -0.3 is 24.6 Å². The van der Waals surface area contributed by atoms with Gasteiger partial charge in [-0.3, -0.25) is 4.79 Å². The van der Waals surface area contributed by atoms with Gasteiger partial charge in [-0.1, -0.05) is 67.4 Å². The number of benzene rings is 3. The second-order valence-corrected chi connectivity index (χ2v) is 12.0. The van der Waals surface area contributed by atoms with Gasteiger partial charge in [0.2, 0.25) is 0 Å². The first kappa shape index (κ1) is 34.0. The maximum atomic E-state index is 13.1. The molecule has 0 saturated heterocycles. The van der Waals surface area contributed by atoms with Crippen LogP contribution in [0.5, 0.6) is 0 Å². The van der Waals surface area contributed by atoms with Gasteiger partial charge in [-0.25, -0.2) is 14.6 Å². The van der Waals surface area contributed by atoms with Crippen LogP contribution in [0, 0.1) is 0 Å². The van der Waals surface area contributed by atoms with E-state index >= 15 is 0 Å². The van der Waals surface area contributed by atoms with Crippen molar-refractivity contribution in [2.24, 2.45) is 0 Å². The molecular formula is C35H42N2O7S. The van der Waals surface area contributed by atoms with Gasteiger partial charge in [0.05, 0.1) is 21.8 Å². The first-order valence-corrected chi connectivity index (χ1v) is 16.5. The van der Waals surface area contributed by atoms with Crippen molar-refractivity contribution in [1.82, 2.24) is 10.3 Å². The number of carbonyl (C=O) groups is 3. The molecule has 2 unspecified atom stereocenters. The van der Waals surface area contributed by atoms with E-state index in [0.717, 1.165) is 60.2 Å². The third kappa shape index (κ3) is 10.9. The molecule has 0 saturated carbocycles. The molecule has 0 aliphatic rings. The van der Waals surface area contributed by atoms with Crippen LogP contribution in [0.25, 0.3) is 21.0 Å². The smallest absolute Gasteiger partial charge is 0.336 e. The van der Waals surface area contributed by atoms with Crippen molar-refractivity contribution in [3.05, 3.63) is 77.3 Å². The van der Waals surface area contributed by atoms with Crippen molar-refractivity contribution in [2.75, 3.05) is 26.4 Å². The van der Waals surface area contributed by atoms with Crippen LogP contribution in [0.4, 0.5) is 0 Å². The number of nitrogens with one attached hydrogen (secondary N) is 1. The molecule has 10 heteroatoms. The molecule has 0 spiro atoms. The van der Waals surface area contributed by atoms with E-state index < -0.39 is 36.7 Å². The third-order valence-electron chi connectivity index (χ3n) is 7.39. The van der Waals surface area contributed by atoms with Crippen molar-refractivity contribution in [3.8, 4) is 0 Å². The zero-order chi connectivity index (χ0) is 31.9. The zero-order valence-corrected chi connectivity index (χ0v) is 26.6. The zero-order valence-electron chi connectivity index (χ0n) is 25.7. The summed E-state index contributed by atoms with van der Waals surface area (Å²) < 4.78 is 17.1. The fourth-order valence-corrected chi connectivity index (χ4v) is 6.09. The number of esters is 1. The van der Waals surface area contributed by atoms with Crippen LogP contribution in [-0.4, -0.2) is 66.5 Å². The molecule has 1 aromatic heterocycles. The van der Waals surface area contributed by atoms with E-state index in [2.05, 4.69) is 46.7 Å². The second kappa shape index (κ2) is 18.2. The summed E-state index contributed by atoms with van der Waals surface area (Å²) >= 11 is 1.68. The number of aliphatic carboxylic acids is 1. The highest BCUT2D eigenvalue weighted by molar-refractivity contribution is 7.18. The Labute approximate surface area is 267 Å². The van der Waals surface area contributed by atoms with Gasteiger partial charge in [0, 0.05) is 13.2 Å². The molecule has 4 rings (SSSR count). The van der Waals surface area contributed by atoms with Crippen LogP contribution in [-0.2, 0) is 41.4 Å². The number of rotatable bonds is 20. The highest BCUT2D eigenvalue weighted by atomic mass is 32.1. The first-order chi connectivity index (χ1) is 21.9. The lowest BCUT2D eigenvalue weighted by Gasteiger charge is -2.23. The van der Waals surface area contributed by atoms with Gasteiger partial charge in [-0.2, -0.15) is 0 Å². The van der Waals surface area contributed by atoms with Crippen molar-refractivity contribution in [1.29, 1.82) is 0 Å². The van der Waals surface area contributed by atoms with Crippen LogP contribution < -0.4 is 5.32 Å². The molecule has 0 aliphatic heterocycles. The SMILES string of the molecule is CCOC(=O)COC(C(=O)O)C(OCCCCCc1nc2ccccc2s1)C(=O)NCCCCCc1ccc2ccccc2c1. The van der Waals surface area contributed by atoms with E-state index in [1.165, 1.54) is 16.3 Å². The summed E-state index contributed by atoms with van der Waals surface area (Å²) in [5, 5.41) is 16.2. The van der Waals surface area contributed by atoms with E-state index in [-0.39, 0.29) is 13.2 Å². The number of nitrogens with zero attached hydrogens (tertiary/aromatic N) is 1. The van der Waals surface area contributed by atoms with Crippen LogP contribution in [0.3, 0.4) is 0 Å². The van der Waals surface area contributed by atoms with E-state index in [1.54, 1.807) is 18.3 Å². The Balaban J connectivity index is 1.22. The number of carboxylic acids is 1. The number of para-hydroxylation sites is 1. The average molecular weight is 635 g/mol. The van der Waals surface area contributed by atoms with Crippen molar-refractivity contribution < 1.29 is 33.7 Å². The lowest BCUT2D eigenvalue weighted by atomic mass is 10.0. The minimum atomic E-state index is -1.65. The van der Waals surface area contributed by atoms with Gasteiger partial charge in [-0.05, 0) is 73.9 Å². The fraction of sp³-hybridized carbons (Fsp3) is 0.429. The summed E-state index contributed by atoms with van der Waals surface area (Å²) in [6, 6.07) is 22.8. The number of hydrogen-bond donors (Lipinski definition) is 2. The highest BCUT2D eigenvalue weighted by Gasteiger charge is 2.36. The third-order valence-corrected chi connectivity index (χ3v) is 8.48. The van der Waals surface area contributed by atoms with Crippen molar-refractivity contribution in [3.63, 3.8) is 0 Å². The monoisotopic (exact) mass is 634 g/mol. The topological polar surface area (TPSA) is 124 Å². The van der Waals surface area contributed by atoms with Crippen molar-refractivity contribution in [2.45, 2.75) is 70.5 Å². The number of thiazole rings is 1. The molecular weight excluding hydrogens is 592 g/mol. The normalized spacial score (nSPS) is 12.6. The summed E-state index contributed by atoms with van der Waals surface area (Å²) in [4.78, 5) is 41.7. The number of amides is 1. The average Bonchev–Trinajstić information content (AvgIpc) is 3.46. The number of hydrogen-bond acceptors (Lipinski definition) is 8. The molecule has 1 amide bonds. The first-order valence-electron chi connectivity index (χ1n) is 15.7. The summed E-state index contributed by atoms with van der Waals surface area (Å²) in [5.41, 5.74) is 2.27. The van der Waals surface area contributed by atoms with Crippen LogP contribution in [0.15, 0.2) is 66.7 Å². The molecule has 0 aliphatic carbocycles. The number of aromatic nitrogens is 1. The predicted octanol–water partition coefficient (Wildman–Crippen LogP) is 6.11. The van der Waals surface area contributed by atoms with Crippen LogP contribution >= 0.6 is 11.3 Å². The number of unbranched alkanes of at least 4 members (excludes halogenated alkanes) is 4. The van der Waals surface area contributed by atoms with Crippen LogP contribution in [0.1, 0.15) is 56.0 Å². The maximum Gasteiger partial charge on any atom is 0.336 e. The van der Waals surface area contributed by atoms with E-state index in [9.17, 15) is 19.5 Å². The molecule has 0 bridgehead atoms. The van der Waals surface area contributed by atoms with Gasteiger partial charge in [-0.15, -0.1) is 11.3 Å². The largest absolute Gasteiger partial charge is 0.479 e. The van der Waals surface area contributed by atoms with Gasteiger partial charge >= 0.3 is 11.9 Å². The lowest BCUT2D eigenvalue weighted by molar-refractivity contribution is -0.174. The molecule has 0 radical (unpaired) electrons. The highest BCUT2D eigenvalue weighted by Crippen LogP contribution is 2.23. The Morgan fingerprint density at radius 2 is 1.60 bits per heavy atom. The molecule has 9 nitrogen and oxygen atoms in total. The number of carbonyl (C=O) groups excluding carboxylic acids is 2. The van der Waals surface area contributed by atoms with E-state index in [1.807, 2.05) is 30.3 Å². The van der Waals surface area contributed by atoms with Gasteiger partial charge in [0.25, 0.3) is 5.91 Å². The maximum absolute atomic E-state index is 13.1. The molecule has 240 valence electrons. The Morgan fingerprint density at radius 1 is 0.844 bits per heavy atom. The number of aryl methyl sites for hydroxylation is 2. The minimum Gasteiger partial charge on any atom is -0.479 e. The molecule has 2 atom stereocenters. The Bertz CT molecular complexity index is 1510. The quantitative estimate of drug-likeness (QED) is 0.0882. The molecule has 0 fully saturated rings. The number of carboxylic acid groups (broad SMARTS) is 1. The molecule has 3 aromatic carbocycles. The summed E-state index contributed by atoms with van der Waals surface area (Å²) in [7, 11) is 0. The minimum absolute atomic E-state index is 0.137.